The Bertz CT molecular complexity index is 1720. The van der Waals surface area contributed by atoms with Crippen molar-refractivity contribution in [2.45, 2.75) is 43.7 Å². The maximum Gasteiger partial charge on any atom is 0.319 e. The zero-order chi connectivity index (χ0) is 30.7. The average Bonchev–Trinajstić information content (AvgIpc) is 3.50. The molecule has 0 radical (unpaired) electrons. The van der Waals surface area contributed by atoms with Crippen LogP contribution >= 0.6 is 0 Å². The SMILES string of the molecule is [C-]#[N+]C[C@H]1CN(c2nc(OC[C@@H]3CCCN3C)nc3c(F)c(-c4cccc5c4C[C@H]4C[C@@H]54)c(F)cc23)CCN1C(=O)C(=C)F. The van der Waals surface area contributed by atoms with Crippen LogP contribution in [0.1, 0.15) is 36.3 Å². The molecule has 4 aliphatic rings. The number of rotatable bonds is 7. The lowest BCUT2D eigenvalue weighted by Crippen LogP contribution is -2.56. The first-order valence-corrected chi connectivity index (χ1v) is 15.1. The average molecular weight is 603 g/mol. The van der Waals surface area contributed by atoms with E-state index in [2.05, 4.69) is 32.4 Å². The second-order valence-corrected chi connectivity index (χ2v) is 12.4. The molecule has 2 saturated heterocycles. The van der Waals surface area contributed by atoms with E-state index < -0.39 is 29.4 Å². The van der Waals surface area contributed by atoms with E-state index in [1.54, 1.807) is 11.0 Å². The van der Waals surface area contributed by atoms with Crippen molar-refractivity contribution < 1.29 is 22.7 Å². The van der Waals surface area contributed by atoms with Crippen molar-refractivity contribution in [1.82, 2.24) is 19.8 Å². The van der Waals surface area contributed by atoms with E-state index in [1.165, 1.54) is 16.5 Å². The first-order valence-electron chi connectivity index (χ1n) is 15.1. The molecule has 2 aliphatic heterocycles. The third-order valence-corrected chi connectivity index (χ3v) is 9.77. The molecule has 1 saturated carbocycles. The summed E-state index contributed by atoms with van der Waals surface area (Å²) in [7, 11) is 2.02. The van der Waals surface area contributed by atoms with Gasteiger partial charge in [0.2, 0.25) is 6.54 Å². The summed E-state index contributed by atoms with van der Waals surface area (Å²) in [6.07, 6.45) is 3.93. The highest BCUT2D eigenvalue weighted by Gasteiger charge is 2.46. The van der Waals surface area contributed by atoms with E-state index in [0.717, 1.165) is 37.8 Å². The van der Waals surface area contributed by atoms with Crippen molar-refractivity contribution in [3.63, 3.8) is 0 Å². The number of aromatic nitrogens is 2. The van der Waals surface area contributed by atoms with Crippen LogP contribution in [0.2, 0.25) is 0 Å². The van der Waals surface area contributed by atoms with Crippen molar-refractivity contribution in [3.05, 3.63) is 70.8 Å². The molecular formula is C33H33F3N6O2. The minimum atomic E-state index is -1.10. The fraction of sp³-hybridized carbons (Fsp3) is 0.455. The van der Waals surface area contributed by atoms with Crippen molar-refractivity contribution in [2.75, 3.05) is 51.3 Å². The van der Waals surface area contributed by atoms with Gasteiger partial charge in [0.1, 0.15) is 29.8 Å². The molecule has 4 atom stereocenters. The lowest BCUT2D eigenvalue weighted by Gasteiger charge is -2.39. The van der Waals surface area contributed by atoms with Crippen molar-refractivity contribution in [3.8, 4) is 17.1 Å². The van der Waals surface area contributed by atoms with Gasteiger partial charge in [-0.3, -0.25) is 4.79 Å². The number of amides is 1. The van der Waals surface area contributed by atoms with E-state index in [-0.39, 0.29) is 60.5 Å². The predicted molar refractivity (Wildman–Crippen MR) is 160 cm³/mol. The van der Waals surface area contributed by atoms with Gasteiger partial charge < -0.3 is 24.3 Å². The van der Waals surface area contributed by atoms with E-state index in [9.17, 15) is 9.18 Å². The predicted octanol–water partition coefficient (Wildman–Crippen LogP) is 5.13. The molecule has 3 fully saturated rings. The summed E-state index contributed by atoms with van der Waals surface area (Å²) < 4.78 is 52.5. The molecule has 3 aromatic rings. The van der Waals surface area contributed by atoms with Gasteiger partial charge in [-0.25, -0.2) is 19.7 Å². The number of halogens is 3. The molecule has 228 valence electrons. The second kappa shape index (κ2) is 11.1. The van der Waals surface area contributed by atoms with Gasteiger partial charge in [0.05, 0.1) is 5.56 Å². The Balaban J connectivity index is 1.32. The maximum atomic E-state index is 16.6. The Hall–Kier alpha value is -4.17. The number of piperazine rings is 1. The maximum absolute atomic E-state index is 16.6. The summed E-state index contributed by atoms with van der Waals surface area (Å²) in [6, 6.07) is 6.43. The number of carbonyl (C=O) groups is 1. The molecule has 0 spiro atoms. The monoisotopic (exact) mass is 602 g/mol. The number of hydrogen-bond acceptors (Lipinski definition) is 6. The number of hydrogen-bond donors (Lipinski definition) is 0. The quantitative estimate of drug-likeness (QED) is 0.276. The molecule has 7 rings (SSSR count). The largest absolute Gasteiger partial charge is 0.462 e. The van der Waals surface area contributed by atoms with E-state index >= 15 is 8.78 Å². The number of ether oxygens (including phenoxy) is 1. The topological polar surface area (TPSA) is 66.2 Å². The lowest BCUT2D eigenvalue weighted by molar-refractivity contribution is -0.131. The Morgan fingerprint density at radius 3 is 2.80 bits per heavy atom. The first-order chi connectivity index (χ1) is 21.2. The van der Waals surface area contributed by atoms with Gasteiger partial charge >= 0.3 is 6.01 Å². The van der Waals surface area contributed by atoms with Crippen LogP contribution in [0, 0.1) is 24.1 Å². The molecule has 2 aliphatic carbocycles. The summed E-state index contributed by atoms with van der Waals surface area (Å²) >= 11 is 0. The third-order valence-electron chi connectivity index (χ3n) is 9.77. The van der Waals surface area contributed by atoms with Crippen LogP contribution in [0.15, 0.2) is 36.7 Å². The van der Waals surface area contributed by atoms with E-state index in [0.29, 0.717) is 24.0 Å². The summed E-state index contributed by atoms with van der Waals surface area (Å²) in [4.78, 5) is 30.3. The highest BCUT2D eigenvalue weighted by atomic mass is 19.1. The molecule has 0 N–H and O–H groups in total. The summed E-state index contributed by atoms with van der Waals surface area (Å²) in [5, 5.41) is 0.167. The van der Waals surface area contributed by atoms with Crippen LogP contribution in [0.25, 0.3) is 26.9 Å². The Labute approximate surface area is 253 Å². The van der Waals surface area contributed by atoms with Gasteiger partial charge in [0, 0.05) is 31.1 Å². The smallest absolute Gasteiger partial charge is 0.319 e. The fourth-order valence-electron chi connectivity index (χ4n) is 7.34. The minimum absolute atomic E-state index is 0.0267. The summed E-state index contributed by atoms with van der Waals surface area (Å²) in [5.41, 5.74) is 2.56. The first kappa shape index (κ1) is 28.6. The number of likely N-dealkylation sites (N-methyl/N-ethyl adjacent to an activating group) is 1. The number of anilines is 1. The van der Waals surface area contributed by atoms with Gasteiger partial charge in [-0.2, -0.15) is 9.97 Å². The van der Waals surface area contributed by atoms with Gasteiger partial charge in [-0.15, -0.1) is 0 Å². The number of likely N-dealkylation sites (tertiary alicyclic amines) is 1. The summed E-state index contributed by atoms with van der Waals surface area (Å²) in [5.74, 6) is -2.20. The highest BCUT2D eigenvalue weighted by Crippen LogP contribution is 2.58. The van der Waals surface area contributed by atoms with E-state index in [4.69, 9.17) is 11.3 Å². The van der Waals surface area contributed by atoms with Crippen LogP contribution in [-0.2, 0) is 11.2 Å². The highest BCUT2D eigenvalue weighted by molar-refractivity contribution is 5.95. The molecule has 2 aromatic carbocycles. The standard InChI is InChI=1S/C33H33F3N6O2/c1-18(34)32(43)42-11-10-41(16-21(42)15-37-2)31-26-14-27(35)28(23-8-4-7-22-24-12-19(24)13-25(22)23)29(36)30(26)38-33(39-31)44-17-20-6-5-9-40(20)3/h4,7-8,14,19-21,24H,1,5-6,9-13,15-17H2,3H3/t19-,20+,21+,24-/m1/s1. The third kappa shape index (κ3) is 4.85. The van der Waals surface area contributed by atoms with Crippen LogP contribution in [0.3, 0.4) is 0 Å². The van der Waals surface area contributed by atoms with Gasteiger partial charge in [0.15, 0.2) is 11.6 Å². The van der Waals surface area contributed by atoms with Crippen molar-refractivity contribution in [2.24, 2.45) is 5.92 Å². The number of fused-ring (bicyclic) bond motifs is 4. The molecule has 44 heavy (non-hydrogen) atoms. The minimum Gasteiger partial charge on any atom is -0.462 e. The molecule has 1 amide bonds. The van der Waals surface area contributed by atoms with Gasteiger partial charge in [0.25, 0.3) is 5.91 Å². The zero-order valence-electron chi connectivity index (χ0n) is 24.5. The van der Waals surface area contributed by atoms with Crippen LogP contribution < -0.4 is 9.64 Å². The molecule has 8 nitrogen and oxygen atoms in total. The molecule has 0 bridgehead atoms. The van der Waals surface area contributed by atoms with Crippen LogP contribution in [-0.4, -0.2) is 84.1 Å². The molecule has 1 aromatic heterocycles. The van der Waals surface area contributed by atoms with Crippen LogP contribution in [0.4, 0.5) is 19.0 Å². The second-order valence-electron chi connectivity index (χ2n) is 12.4. The molecule has 11 heteroatoms. The molecule has 3 heterocycles. The zero-order valence-corrected chi connectivity index (χ0v) is 24.5. The van der Waals surface area contributed by atoms with Crippen molar-refractivity contribution >= 4 is 22.6 Å². The van der Waals surface area contributed by atoms with Crippen LogP contribution in [0.5, 0.6) is 6.01 Å². The number of carbonyl (C=O) groups excluding carboxylic acids is 1. The van der Waals surface area contributed by atoms with Gasteiger partial charge in [-0.1, -0.05) is 24.8 Å². The Morgan fingerprint density at radius 1 is 1.20 bits per heavy atom. The van der Waals surface area contributed by atoms with E-state index in [1.807, 2.05) is 13.1 Å². The van der Waals surface area contributed by atoms with Gasteiger partial charge in [-0.05, 0) is 73.9 Å². The normalized spacial score (nSPS) is 24.2. The number of nitrogens with zero attached hydrogens (tertiary/aromatic N) is 6. The molecule has 0 unspecified atom stereocenters. The molecular weight excluding hydrogens is 569 g/mol. The Kier molecular flexibility index (Phi) is 7.20. The summed E-state index contributed by atoms with van der Waals surface area (Å²) in [6.45, 7) is 12.1. The Morgan fingerprint density at radius 2 is 2.05 bits per heavy atom. The number of benzene rings is 2. The lowest BCUT2D eigenvalue weighted by atomic mass is 9.93. The van der Waals surface area contributed by atoms with Crippen molar-refractivity contribution in [1.29, 1.82) is 0 Å². The fourth-order valence-corrected chi connectivity index (χ4v) is 7.34.